The van der Waals surface area contributed by atoms with Crippen LogP contribution in [0.3, 0.4) is 0 Å². The summed E-state index contributed by atoms with van der Waals surface area (Å²) in [6, 6.07) is 37.2. The molecule has 20 nitrogen and oxygen atoms in total. The van der Waals surface area contributed by atoms with E-state index >= 15 is 0 Å². The topological polar surface area (TPSA) is 238 Å². The minimum Gasteiger partial charge on any atom is -0.380 e. The number of alkyl halides is 6. The Bertz CT molecular complexity index is 5690. The molecule has 0 fully saturated rings. The van der Waals surface area contributed by atoms with Crippen LogP contribution in [0, 0.1) is 52.9 Å². The molecular weight excluding hydrogens is 1470 g/mol. The Labute approximate surface area is 636 Å². The average molecular weight is 1540 g/mol. The number of carbonyl (C=O) groups excluding carboxylic acids is 4. The Morgan fingerprint density at radius 3 is 1.06 bits per heavy atom. The molecule has 110 heavy (non-hydrogen) atoms. The van der Waals surface area contributed by atoms with Gasteiger partial charge in [-0.25, -0.2) is 23.8 Å². The molecule has 0 spiro atoms. The van der Waals surface area contributed by atoms with E-state index in [0.717, 1.165) is 73.7 Å². The molecule has 564 valence electrons. The largest absolute Gasteiger partial charge is 0.407 e. The molecule has 0 amide bonds. The van der Waals surface area contributed by atoms with E-state index in [9.17, 15) is 70.3 Å². The second-order valence-corrected chi connectivity index (χ2v) is 28.2. The Morgan fingerprint density at radius 1 is 0.409 bits per heavy atom. The van der Waals surface area contributed by atoms with Crippen molar-refractivity contribution in [3.63, 3.8) is 0 Å². The number of aromatic nitrogens is 8. The van der Waals surface area contributed by atoms with Gasteiger partial charge in [0, 0.05) is 69.7 Å². The highest BCUT2D eigenvalue weighted by Crippen LogP contribution is 2.39. The molecule has 8 aromatic carbocycles. The number of halogens is 9. The van der Waals surface area contributed by atoms with Crippen molar-refractivity contribution in [1.82, 2.24) is 39.1 Å². The van der Waals surface area contributed by atoms with E-state index in [1.165, 1.54) is 73.6 Å². The molecule has 29 heteroatoms. The van der Waals surface area contributed by atoms with E-state index in [2.05, 4.69) is 39.8 Å². The third-order valence-electron chi connectivity index (χ3n) is 17.8. The molecule has 0 radical (unpaired) electrons. The van der Waals surface area contributed by atoms with Gasteiger partial charge in [0.1, 0.15) is 28.2 Å². The van der Waals surface area contributed by atoms with Gasteiger partial charge in [-0.2, -0.15) is 46.7 Å². The van der Waals surface area contributed by atoms with Crippen LogP contribution in [0.5, 0.6) is 0 Å². The Kier molecular flexibility index (Phi) is 25.0. The van der Waals surface area contributed by atoms with Gasteiger partial charge >= 0.3 is 12.4 Å². The summed E-state index contributed by atoms with van der Waals surface area (Å²) in [4.78, 5) is 62.7. The smallest absolute Gasteiger partial charge is 0.380 e. The van der Waals surface area contributed by atoms with Crippen molar-refractivity contribution in [2.75, 3.05) is 0 Å². The van der Waals surface area contributed by atoms with Crippen molar-refractivity contribution in [1.29, 1.82) is 0 Å². The average Bonchev–Trinajstić information content (AvgIpc) is 1.38. The predicted octanol–water partition coefficient (Wildman–Crippen LogP) is 17.0. The minimum absolute atomic E-state index is 0.0303. The molecular formula is C81H69Cl2F7N12O8. The second-order valence-electron chi connectivity index (χ2n) is 27.4. The standard InChI is InChI=1S/C21H18F3N3O2.2C20H18ClN3O2.C20H15F4N3O2/c1-13-4-7-18-15(8-13)11-26-27(18)12-20(2,29)19(28)10-14-5-6-17(25-3)16(9-14)21(22,23)24;1-13-4-7-18-15(8-13)11-23-24(18)12-20(2,26)19(25)10-14-5-6-17(22-3)16(21)9-14;1-13-4-6-17-15(8-13)11-24(23-17)12-20(2,26)19(25)10-14-5-7-18(22-3)16(21)9-14;1-19(29,11-27-10-13-9-14(21)4-6-16(13)26-27)18(28)8-12-3-5-17(25-2)15(7-12)20(22,23)24/h4-9,11,29H,10,12H2,1-2H3;2*4-9,11,26H,10,12H2,1-2H3;3-7,9-10,29H,8,11H2,1H3/t3*20-;19-/m0000/s1. The molecule has 0 saturated heterocycles. The summed E-state index contributed by atoms with van der Waals surface area (Å²) in [6.07, 6.45) is -3.57. The van der Waals surface area contributed by atoms with Crippen LogP contribution in [-0.2, 0) is 83.4 Å². The molecule has 0 aliphatic rings. The maximum atomic E-state index is 13.3. The summed E-state index contributed by atoms with van der Waals surface area (Å²) in [7, 11) is 0. The second kappa shape index (κ2) is 33.4. The highest BCUT2D eigenvalue weighted by molar-refractivity contribution is 6.33. The summed E-state index contributed by atoms with van der Waals surface area (Å²) < 4.78 is 97.9. The number of nitrogens with zero attached hydrogens (tertiary/aromatic N) is 12. The van der Waals surface area contributed by atoms with E-state index in [-0.39, 0.29) is 61.7 Å². The van der Waals surface area contributed by atoms with Crippen LogP contribution in [0.15, 0.2) is 170 Å². The first-order valence-corrected chi connectivity index (χ1v) is 34.3. The van der Waals surface area contributed by atoms with E-state index in [0.29, 0.717) is 43.4 Å². The molecule has 4 heterocycles. The van der Waals surface area contributed by atoms with E-state index in [4.69, 9.17) is 49.5 Å². The number of rotatable bonds is 20. The molecule has 0 aliphatic heterocycles. The van der Waals surface area contributed by atoms with Gasteiger partial charge in [0.15, 0.2) is 34.5 Å². The first kappa shape index (κ1) is 82.3. The number of Topliss-reactive ketones (excluding diaryl/α,β-unsaturated/α-hetero) is 4. The SMILES string of the molecule is [C-]#[N+]c1ccc(CC(=O)[C@@](C)(O)Cn2cc3cc(C)ccc3n2)cc1Cl.[C-]#[N+]c1ccc(CC(=O)[C@@](C)(O)Cn2cc3cc(F)ccc3n2)cc1C(F)(F)F.[C-]#[N+]c1ccc(CC(=O)[C@@](C)(O)Cn2ncc3cc(C)ccc32)cc1C(F)(F)F.[C-]#[N+]c1ccc(CC(=O)[C@@](C)(O)Cn2ncc3cc(C)ccc32)cc1Cl. The number of fused-ring (bicyclic) bond motifs is 4. The number of carbonyl (C=O) groups is 4. The maximum Gasteiger partial charge on any atom is 0.407 e. The summed E-state index contributed by atoms with van der Waals surface area (Å²) in [5.41, 5.74) is -1.89. The molecule has 0 aliphatic carbocycles. The summed E-state index contributed by atoms with van der Waals surface area (Å²) in [5.74, 6) is -2.48. The molecule has 0 bridgehead atoms. The zero-order valence-corrected chi connectivity index (χ0v) is 61.5. The molecule has 12 rings (SSSR count). The van der Waals surface area contributed by atoms with E-state index in [1.807, 2.05) is 81.6 Å². The lowest BCUT2D eigenvalue weighted by Gasteiger charge is -2.22. The number of aliphatic hydroxyl groups is 4. The van der Waals surface area contributed by atoms with Gasteiger partial charge in [0.25, 0.3) is 0 Å². The molecule has 4 N–H and O–H groups in total. The number of hydrogen-bond donors (Lipinski definition) is 4. The van der Waals surface area contributed by atoms with Crippen molar-refractivity contribution in [3.8, 4) is 0 Å². The van der Waals surface area contributed by atoms with Crippen LogP contribution in [-0.4, -0.2) is 105 Å². The van der Waals surface area contributed by atoms with Crippen molar-refractivity contribution in [2.45, 2.75) is 135 Å². The van der Waals surface area contributed by atoms with Crippen LogP contribution >= 0.6 is 23.2 Å². The third kappa shape index (κ3) is 20.5. The van der Waals surface area contributed by atoms with Gasteiger partial charge in [0.05, 0.1) is 98.1 Å². The minimum atomic E-state index is -4.73. The van der Waals surface area contributed by atoms with Crippen LogP contribution in [0.1, 0.15) is 77.8 Å². The lowest BCUT2D eigenvalue weighted by molar-refractivity contribution is -0.138. The fourth-order valence-electron chi connectivity index (χ4n) is 11.7. The summed E-state index contributed by atoms with van der Waals surface area (Å²) >= 11 is 12.0. The Hall–Kier alpha value is -11.8. The number of ketones is 4. The van der Waals surface area contributed by atoms with E-state index < -0.39 is 87.5 Å². The van der Waals surface area contributed by atoms with Gasteiger partial charge in [-0.1, -0.05) is 131 Å². The van der Waals surface area contributed by atoms with Gasteiger partial charge in [0.2, 0.25) is 11.4 Å². The first-order chi connectivity index (χ1) is 51.6. The lowest BCUT2D eigenvalue weighted by Crippen LogP contribution is -2.41. The van der Waals surface area contributed by atoms with E-state index in [1.54, 1.807) is 58.2 Å². The summed E-state index contributed by atoms with van der Waals surface area (Å²) in [5, 5.41) is 63.6. The first-order valence-electron chi connectivity index (χ1n) is 33.5. The zero-order chi connectivity index (χ0) is 80.6. The van der Waals surface area contributed by atoms with Crippen molar-refractivity contribution >= 4 is 113 Å². The fraction of sp³-hybridized carbons (Fsp3) is 0.259. The quantitative estimate of drug-likeness (QED) is 0.0412. The molecule has 4 aromatic heterocycles. The Morgan fingerprint density at radius 2 is 0.718 bits per heavy atom. The molecule has 0 saturated carbocycles. The van der Waals surface area contributed by atoms with Crippen LogP contribution in [0.2, 0.25) is 10.0 Å². The lowest BCUT2D eigenvalue weighted by atomic mass is 9.94. The molecule has 12 aromatic rings. The van der Waals surface area contributed by atoms with Crippen LogP contribution < -0.4 is 0 Å². The third-order valence-corrected chi connectivity index (χ3v) is 18.4. The van der Waals surface area contributed by atoms with Crippen LogP contribution in [0.25, 0.3) is 63.0 Å². The number of aryl methyl sites for hydroxylation is 3. The van der Waals surface area contributed by atoms with Crippen molar-refractivity contribution in [2.24, 2.45) is 0 Å². The molecule has 4 atom stereocenters. The van der Waals surface area contributed by atoms with Gasteiger partial charge < -0.3 is 20.4 Å². The van der Waals surface area contributed by atoms with Crippen molar-refractivity contribution in [3.05, 3.63) is 282 Å². The molecule has 0 unspecified atom stereocenters. The monoisotopic (exact) mass is 1540 g/mol. The Balaban J connectivity index is 0.000000169. The number of hydrogen-bond acceptors (Lipinski definition) is 12. The normalized spacial score (nSPS) is 13.6. The van der Waals surface area contributed by atoms with Crippen LogP contribution in [0.4, 0.5) is 53.5 Å². The number of benzene rings is 8. The van der Waals surface area contributed by atoms with Gasteiger partial charge in [-0.05, 0) is 125 Å². The fourth-order valence-corrected chi connectivity index (χ4v) is 12.2. The van der Waals surface area contributed by atoms with Gasteiger partial charge in [-0.15, -0.1) is 0 Å². The summed E-state index contributed by atoms with van der Waals surface area (Å²) in [6.45, 7) is 38.9. The van der Waals surface area contributed by atoms with Crippen molar-refractivity contribution < 1.29 is 70.3 Å². The zero-order valence-electron chi connectivity index (χ0n) is 60.0. The highest BCUT2D eigenvalue weighted by Gasteiger charge is 2.38. The highest BCUT2D eigenvalue weighted by atomic mass is 35.5. The predicted molar refractivity (Wildman–Crippen MR) is 401 cm³/mol. The van der Waals surface area contributed by atoms with Gasteiger partial charge in [-0.3, -0.25) is 37.9 Å². The maximum absolute atomic E-state index is 13.3.